The van der Waals surface area contributed by atoms with E-state index in [0.717, 1.165) is 0 Å². The van der Waals surface area contributed by atoms with E-state index in [9.17, 15) is 4.39 Å². The highest BCUT2D eigenvalue weighted by atomic mass is 19.1. The molecule has 17 heavy (non-hydrogen) atoms. The van der Waals surface area contributed by atoms with Crippen molar-refractivity contribution in [2.24, 2.45) is 0 Å². The molecule has 2 rings (SSSR count). The van der Waals surface area contributed by atoms with Gasteiger partial charge in [0.25, 0.3) is 0 Å². The summed E-state index contributed by atoms with van der Waals surface area (Å²) in [4.78, 5) is 0. The van der Waals surface area contributed by atoms with Crippen LogP contribution in [0.5, 0.6) is 0 Å². The predicted octanol–water partition coefficient (Wildman–Crippen LogP) is 1.71. The highest BCUT2D eigenvalue weighted by molar-refractivity contribution is 6.62. The lowest BCUT2D eigenvalue weighted by Crippen LogP contribution is -2.41. The molecular weight excluding hydrogens is 220 g/mol. The Morgan fingerprint density at radius 3 is 2.29 bits per heavy atom. The van der Waals surface area contributed by atoms with Crippen molar-refractivity contribution >= 4 is 18.3 Å². The fourth-order valence-corrected chi connectivity index (χ4v) is 1.49. The van der Waals surface area contributed by atoms with E-state index in [4.69, 9.17) is 19.2 Å². The lowest BCUT2D eigenvalue weighted by molar-refractivity contribution is 0.00578. The van der Waals surface area contributed by atoms with E-state index in [1.165, 1.54) is 0 Å². The predicted molar refractivity (Wildman–Crippen MR) is 66.5 cm³/mol. The molecule has 1 aromatic rings. The quantitative estimate of drug-likeness (QED) is 0.600. The van der Waals surface area contributed by atoms with Crippen LogP contribution in [0.25, 0.3) is 0 Å². The average molecular weight is 240 g/mol. The van der Waals surface area contributed by atoms with Gasteiger partial charge in [0.1, 0.15) is 5.82 Å². The molecule has 92 valence electrons. The third-order valence-electron chi connectivity index (χ3n) is 3.30. The number of hydrogen-bond acceptors (Lipinski definition) is 3. The number of benzene rings is 1. The first kappa shape index (κ1) is 8.94. The Bertz CT molecular complexity index is 535. The fraction of sp³-hybridized carbons (Fsp3) is 0.500. The van der Waals surface area contributed by atoms with Crippen molar-refractivity contribution in [3.8, 4) is 0 Å². The molecule has 0 unspecified atom stereocenters. The van der Waals surface area contributed by atoms with E-state index < -0.39 is 41.9 Å². The third-order valence-corrected chi connectivity index (χ3v) is 3.30. The third kappa shape index (κ3) is 2.05. The summed E-state index contributed by atoms with van der Waals surface area (Å²) in [7, 11) is -1.06. The van der Waals surface area contributed by atoms with Crippen LogP contribution < -0.4 is 11.2 Å². The number of halogens is 1. The van der Waals surface area contributed by atoms with Crippen LogP contribution in [0.3, 0.4) is 0 Å². The van der Waals surface area contributed by atoms with E-state index in [0.29, 0.717) is 0 Å². The van der Waals surface area contributed by atoms with Gasteiger partial charge in [-0.25, -0.2) is 4.39 Å². The summed E-state index contributed by atoms with van der Waals surface area (Å²) in [6, 6.07) is -1.35. The van der Waals surface area contributed by atoms with Crippen molar-refractivity contribution in [3.63, 3.8) is 0 Å². The first-order valence-electron chi connectivity index (χ1n) is 6.90. The van der Waals surface area contributed by atoms with Crippen LogP contribution in [0.4, 0.5) is 10.1 Å². The van der Waals surface area contributed by atoms with Gasteiger partial charge in [-0.1, -0.05) is 6.04 Å². The Balaban J connectivity index is 2.57. The normalized spacial score (nSPS) is 24.3. The second kappa shape index (κ2) is 3.72. The molecule has 0 amide bonds. The SMILES string of the molecule is [2H]c1c([2H])c(B2OC(C)(C)C(C)(C)O2)c([2H])c(F)c1N. The Hall–Kier alpha value is -1.07. The smallest absolute Gasteiger partial charge is 0.399 e. The van der Waals surface area contributed by atoms with Crippen LogP contribution in [-0.2, 0) is 9.31 Å². The zero-order chi connectivity index (χ0) is 15.5. The Kier molecular flexibility index (Phi) is 1.96. The molecule has 0 bridgehead atoms. The number of hydrogen-bond donors (Lipinski definition) is 1. The second-order valence-electron chi connectivity index (χ2n) is 5.10. The maximum atomic E-state index is 13.8. The van der Waals surface area contributed by atoms with Crippen LogP contribution in [0, 0.1) is 5.82 Å². The molecule has 0 spiro atoms. The zero-order valence-electron chi connectivity index (χ0n) is 13.3. The van der Waals surface area contributed by atoms with Crippen LogP contribution >= 0.6 is 0 Å². The highest BCUT2D eigenvalue weighted by Gasteiger charge is 2.51. The Labute approximate surface area is 105 Å². The molecule has 0 aliphatic carbocycles. The van der Waals surface area contributed by atoms with Crippen molar-refractivity contribution in [2.45, 2.75) is 38.9 Å². The highest BCUT2D eigenvalue weighted by Crippen LogP contribution is 2.36. The standard InChI is InChI=1S/C12H17BFNO2/c1-11(2)12(3,4)17-13(16-11)8-5-6-10(15)9(14)7-8/h5-7H,15H2,1-4H3/i5D,6D,7D. The Morgan fingerprint density at radius 2 is 1.76 bits per heavy atom. The molecule has 0 aromatic heterocycles. The van der Waals surface area contributed by atoms with Gasteiger partial charge in [0.15, 0.2) is 0 Å². The molecule has 1 aliphatic heterocycles. The van der Waals surface area contributed by atoms with Crippen LogP contribution in [0.1, 0.15) is 31.8 Å². The van der Waals surface area contributed by atoms with Gasteiger partial charge in [0, 0.05) is 0 Å². The lowest BCUT2D eigenvalue weighted by Gasteiger charge is -2.32. The van der Waals surface area contributed by atoms with Crippen LogP contribution in [0.2, 0.25) is 0 Å². The second-order valence-corrected chi connectivity index (χ2v) is 5.10. The van der Waals surface area contributed by atoms with Gasteiger partial charge in [0.2, 0.25) is 0 Å². The van der Waals surface area contributed by atoms with Gasteiger partial charge in [0.05, 0.1) is 21.0 Å². The van der Waals surface area contributed by atoms with E-state index in [-0.39, 0.29) is 11.5 Å². The Morgan fingerprint density at radius 1 is 1.24 bits per heavy atom. The minimum absolute atomic E-state index is 0.0969. The van der Waals surface area contributed by atoms with Crippen molar-refractivity contribution in [3.05, 3.63) is 23.9 Å². The van der Waals surface area contributed by atoms with E-state index >= 15 is 0 Å². The number of rotatable bonds is 1. The summed E-state index contributed by atoms with van der Waals surface area (Å²) in [5.41, 5.74) is 3.44. The largest absolute Gasteiger partial charge is 0.494 e. The van der Waals surface area contributed by atoms with E-state index in [1.54, 1.807) is 0 Å². The van der Waals surface area contributed by atoms with Crippen LogP contribution in [-0.4, -0.2) is 18.3 Å². The van der Waals surface area contributed by atoms with E-state index in [2.05, 4.69) is 0 Å². The first-order chi connectivity index (χ1) is 8.99. The summed E-state index contributed by atoms with van der Waals surface area (Å²) in [6.45, 7) is 7.26. The number of anilines is 1. The van der Waals surface area contributed by atoms with Crippen molar-refractivity contribution in [2.75, 3.05) is 5.73 Å². The van der Waals surface area contributed by atoms with Crippen molar-refractivity contribution in [1.82, 2.24) is 0 Å². The van der Waals surface area contributed by atoms with Gasteiger partial charge in [-0.3, -0.25) is 0 Å². The van der Waals surface area contributed by atoms with Crippen molar-refractivity contribution in [1.29, 1.82) is 0 Å². The number of nitrogens with two attached hydrogens (primary N) is 1. The molecule has 5 heteroatoms. The average Bonchev–Trinajstić information content (AvgIpc) is 2.53. The first-order valence-corrected chi connectivity index (χ1v) is 5.40. The van der Waals surface area contributed by atoms with E-state index in [1.807, 2.05) is 27.7 Å². The van der Waals surface area contributed by atoms with Crippen molar-refractivity contribution < 1.29 is 17.8 Å². The minimum atomic E-state index is -1.06. The van der Waals surface area contributed by atoms with Gasteiger partial charge in [-0.05, 0) is 45.2 Å². The summed E-state index contributed by atoms with van der Waals surface area (Å²) in [6.07, 6.45) is 0. The summed E-state index contributed by atoms with van der Waals surface area (Å²) in [5.74, 6) is -1.02. The van der Waals surface area contributed by atoms with Gasteiger partial charge >= 0.3 is 7.12 Å². The molecule has 1 heterocycles. The summed E-state index contributed by atoms with van der Waals surface area (Å²) < 4.78 is 48.6. The lowest BCUT2D eigenvalue weighted by atomic mass is 9.79. The molecule has 1 aromatic carbocycles. The molecule has 0 radical (unpaired) electrons. The van der Waals surface area contributed by atoms with Gasteiger partial charge in [-0.2, -0.15) is 0 Å². The molecule has 1 fully saturated rings. The maximum absolute atomic E-state index is 13.8. The maximum Gasteiger partial charge on any atom is 0.494 e. The molecule has 1 aliphatic rings. The molecule has 0 saturated carbocycles. The summed E-state index contributed by atoms with van der Waals surface area (Å²) >= 11 is 0. The van der Waals surface area contributed by atoms with Crippen LogP contribution in [0.15, 0.2) is 18.1 Å². The van der Waals surface area contributed by atoms with Gasteiger partial charge in [-0.15, -0.1) is 0 Å². The molecule has 2 N–H and O–H groups in total. The molecule has 3 nitrogen and oxygen atoms in total. The molecular formula is C12H17BFNO2. The minimum Gasteiger partial charge on any atom is -0.399 e. The topological polar surface area (TPSA) is 44.5 Å². The molecule has 1 saturated heterocycles. The fourth-order valence-electron chi connectivity index (χ4n) is 1.49. The zero-order valence-corrected chi connectivity index (χ0v) is 10.3. The summed E-state index contributed by atoms with van der Waals surface area (Å²) in [5, 5.41) is 0. The number of nitrogen functional groups attached to an aromatic ring is 1. The monoisotopic (exact) mass is 240 g/mol. The van der Waals surface area contributed by atoms with Gasteiger partial charge < -0.3 is 15.0 Å². The molecule has 0 atom stereocenters.